The Kier molecular flexibility index (Phi) is 6.21. The van der Waals surface area contributed by atoms with Crippen LogP contribution >= 0.6 is 23.1 Å². The Labute approximate surface area is 115 Å². The predicted molar refractivity (Wildman–Crippen MR) is 75.1 cm³/mol. The van der Waals surface area contributed by atoms with E-state index in [-0.39, 0.29) is 5.91 Å². The summed E-state index contributed by atoms with van der Waals surface area (Å²) in [4.78, 5) is 24.3. The van der Waals surface area contributed by atoms with E-state index in [1.165, 1.54) is 28.4 Å². The van der Waals surface area contributed by atoms with E-state index in [9.17, 15) is 9.59 Å². The van der Waals surface area contributed by atoms with Gasteiger partial charge in [-0.1, -0.05) is 6.92 Å². The van der Waals surface area contributed by atoms with Crippen LogP contribution in [0.2, 0.25) is 0 Å². The summed E-state index contributed by atoms with van der Waals surface area (Å²) in [6, 6.07) is 3.37. The van der Waals surface area contributed by atoms with Crippen molar-refractivity contribution in [2.75, 3.05) is 5.75 Å². The van der Waals surface area contributed by atoms with Crippen LogP contribution < -0.4 is 5.32 Å². The molecule has 0 aliphatic rings. The highest BCUT2D eigenvalue weighted by molar-refractivity contribution is 7.98. The summed E-state index contributed by atoms with van der Waals surface area (Å²) in [5, 5.41) is 11.4. The van der Waals surface area contributed by atoms with E-state index in [2.05, 4.69) is 24.4 Å². The summed E-state index contributed by atoms with van der Waals surface area (Å²) in [6.07, 6.45) is 1.03. The number of rotatable bonds is 7. The van der Waals surface area contributed by atoms with Crippen molar-refractivity contribution in [3.05, 3.63) is 21.9 Å². The van der Waals surface area contributed by atoms with Gasteiger partial charge in [-0.2, -0.15) is 11.8 Å². The standard InChI is InChI=1S/C12H17NO3S2/c1-3-9-4-5-10(18-9)6-17-7-11(12(15)16)13-8(2)14/h4-5,11H,3,6-7H2,1-2H3,(H,13,14)(H,15,16)/t11-/m0/s1. The summed E-state index contributed by atoms with van der Waals surface area (Å²) in [5.74, 6) is -0.131. The normalized spacial score (nSPS) is 12.1. The Balaban J connectivity index is 2.38. The van der Waals surface area contributed by atoms with E-state index in [1.54, 1.807) is 11.3 Å². The van der Waals surface area contributed by atoms with E-state index in [0.717, 1.165) is 12.2 Å². The zero-order chi connectivity index (χ0) is 13.5. The summed E-state index contributed by atoms with van der Waals surface area (Å²) in [5.41, 5.74) is 0. The maximum atomic E-state index is 10.9. The van der Waals surface area contributed by atoms with Gasteiger partial charge in [0.1, 0.15) is 6.04 Å². The van der Waals surface area contributed by atoms with Crippen LogP contribution in [-0.4, -0.2) is 28.8 Å². The second kappa shape index (κ2) is 7.43. The van der Waals surface area contributed by atoms with Gasteiger partial charge in [0.2, 0.25) is 5.91 Å². The average molecular weight is 287 g/mol. The smallest absolute Gasteiger partial charge is 0.327 e. The zero-order valence-corrected chi connectivity index (χ0v) is 12.1. The maximum Gasteiger partial charge on any atom is 0.327 e. The van der Waals surface area contributed by atoms with Crippen LogP contribution in [0.3, 0.4) is 0 Å². The van der Waals surface area contributed by atoms with E-state index in [0.29, 0.717) is 5.75 Å². The number of carbonyl (C=O) groups is 2. The highest BCUT2D eigenvalue weighted by atomic mass is 32.2. The zero-order valence-electron chi connectivity index (χ0n) is 10.4. The average Bonchev–Trinajstić information content (AvgIpc) is 2.75. The molecule has 0 radical (unpaired) electrons. The molecule has 0 aliphatic heterocycles. The van der Waals surface area contributed by atoms with Crippen molar-refractivity contribution in [3.8, 4) is 0 Å². The summed E-state index contributed by atoms with van der Waals surface area (Å²) < 4.78 is 0. The lowest BCUT2D eigenvalue weighted by Crippen LogP contribution is -2.41. The van der Waals surface area contributed by atoms with Crippen molar-refractivity contribution in [2.24, 2.45) is 0 Å². The van der Waals surface area contributed by atoms with Gasteiger partial charge < -0.3 is 10.4 Å². The van der Waals surface area contributed by atoms with Crippen molar-refractivity contribution in [2.45, 2.75) is 32.1 Å². The monoisotopic (exact) mass is 287 g/mol. The Hall–Kier alpha value is -1.01. The first kappa shape index (κ1) is 15.0. The van der Waals surface area contributed by atoms with Gasteiger partial charge in [0.05, 0.1) is 0 Å². The molecule has 0 bridgehead atoms. The van der Waals surface area contributed by atoms with Gasteiger partial charge in [-0.15, -0.1) is 11.3 Å². The van der Waals surface area contributed by atoms with Crippen LogP contribution in [0.25, 0.3) is 0 Å². The molecule has 1 aromatic rings. The number of carboxylic acid groups (broad SMARTS) is 1. The number of carboxylic acids is 1. The molecule has 4 nitrogen and oxygen atoms in total. The molecular formula is C12H17NO3S2. The minimum absolute atomic E-state index is 0.313. The van der Waals surface area contributed by atoms with Crippen molar-refractivity contribution in [1.82, 2.24) is 5.32 Å². The second-order valence-corrected chi connectivity index (χ2v) is 6.11. The molecule has 1 aromatic heterocycles. The van der Waals surface area contributed by atoms with E-state index < -0.39 is 12.0 Å². The van der Waals surface area contributed by atoms with Gasteiger partial charge in [0, 0.05) is 28.2 Å². The number of nitrogens with one attached hydrogen (secondary N) is 1. The van der Waals surface area contributed by atoms with Gasteiger partial charge in [-0.3, -0.25) is 4.79 Å². The molecule has 0 aromatic carbocycles. The molecule has 1 atom stereocenters. The first-order chi connectivity index (χ1) is 8.52. The summed E-state index contributed by atoms with van der Waals surface area (Å²) >= 11 is 3.27. The fourth-order valence-electron chi connectivity index (χ4n) is 1.39. The third kappa shape index (κ3) is 5.10. The molecule has 1 amide bonds. The van der Waals surface area contributed by atoms with Crippen LogP contribution in [0.5, 0.6) is 0 Å². The van der Waals surface area contributed by atoms with Crippen LogP contribution in [-0.2, 0) is 21.8 Å². The molecule has 0 fully saturated rings. The molecule has 0 spiro atoms. The number of aliphatic carboxylic acids is 1. The minimum atomic E-state index is -0.988. The fourth-order valence-corrected chi connectivity index (χ4v) is 3.50. The summed E-state index contributed by atoms with van der Waals surface area (Å²) in [7, 11) is 0. The van der Waals surface area contributed by atoms with Gasteiger partial charge in [-0.05, 0) is 18.6 Å². The molecule has 1 heterocycles. The lowest BCUT2D eigenvalue weighted by molar-refractivity contribution is -0.140. The molecular weight excluding hydrogens is 270 g/mol. The Bertz CT molecular complexity index is 417. The third-order valence-corrected chi connectivity index (χ3v) is 4.77. The minimum Gasteiger partial charge on any atom is -0.480 e. The van der Waals surface area contributed by atoms with Crippen LogP contribution in [0.1, 0.15) is 23.6 Å². The van der Waals surface area contributed by atoms with Crippen LogP contribution in [0.4, 0.5) is 0 Å². The molecule has 0 unspecified atom stereocenters. The van der Waals surface area contributed by atoms with Gasteiger partial charge in [-0.25, -0.2) is 4.79 Å². The number of thiophene rings is 1. The van der Waals surface area contributed by atoms with Crippen LogP contribution in [0.15, 0.2) is 12.1 Å². The van der Waals surface area contributed by atoms with E-state index >= 15 is 0 Å². The third-order valence-electron chi connectivity index (χ3n) is 2.27. The SMILES string of the molecule is CCc1ccc(CSC[C@H](NC(C)=O)C(=O)O)s1. The molecule has 1 rings (SSSR count). The van der Waals surface area contributed by atoms with Gasteiger partial charge in [0.25, 0.3) is 0 Å². The lowest BCUT2D eigenvalue weighted by atomic mass is 10.3. The van der Waals surface area contributed by atoms with Crippen molar-refractivity contribution >= 4 is 35.0 Å². The number of thioether (sulfide) groups is 1. The first-order valence-electron chi connectivity index (χ1n) is 5.68. The highest BCUT2D eigenvalue weighted by Gasteiger charge is 2.18. The van der Waals surface area contributed by atoms with Crippen molar-refractivity contribution in [3.63, 3.8) is 0 Å². The number of aryl methyl sites for hydroxylation is 1. The Morgan fingerprint density at radius 3 is 2.61 bits per heavy atom. The predicted octanol–water partition coefficient (Wildman–Crippen LogP) is 2.13. The Morgan fingerprint density at radius 2 is 2.11 bits per heavy atom. The molecule has 2 N–H and O–H groups in total. The number of hydrogen-bond acceptors (Lipinski definition) is 4. The Morgan fingerprint density at radius 1 is 1.44 bits per heavy atom. The molecule has 0 saturated carbocycles. The molecule has 0 aliphatic carbocycles. The first-order valence-corrected chi connectivity index (χ1v) is 7.65. The van der Waals surface area contributed by atoms with Gasteiger partial charge in [0.15, 0.2) is 0 Å². The second-order valence-electron chi connectivity index (χ2n) is 3.83. The molecule has 6 heteroatoms. The number of hydrogen-bond donors (Lipinski definition) is 2. The molecule has 100 valence electrons. The lowest BCUT2D eigenvalue weighted by Gasteiger charge is -2.12. The fraction of sp³-hybridized carbons (Fsp3) is 0.500. The maximum absolute atomic E-state index is 10.9. The van der Waals surface area contributed by atoms with Gasteiger partial charge >= 0.3 is 5.97 Å². The van der Waals surface area contributed by atoms with E-state index in [4.69, 9.17) is 5.11 Å². The topological polar surface area (TPSA) is 66.4 Å². The summed E-state index contributed by atoms with van der Waals surface area (Å²) in [6.45, 7) is 3.44. The highest BCUT2D eigenvalue weighted by Crippen LogP contribution is 2.22. The molecule has 18 heavy (non-hydrogen) atoms. The quantitative estimate of drug-likeness (QED) is 0.806. The van der Waals surface area contributed by atoms with Crippen molar-refractivity contribution in [1.29, 1.82) is 0 Å². The van der Waals surface area contributed by atoms with E-state index in [1.807, 2.05) is 0 Å². The molecule has 0 saturated heterocycles. The number of carbonyl (C=O) groups excluding carboxylic acids is 1. The largest absolute Gasteiger partial charge is 0.480 e. The van der Waals surface area contributed by atoms with Crippen molar-refractivity contribution < 1.29 is 14.7 Å². The number of amides is 1. The van der Waals surface area contributed by atoms with Crippen LogP contribution in [0, 0.1) is 0 Å².